The van der Waals surface area contributed by atoms with Crippen molar-refractivity contribution >= 4 is 11.7 Å². The van der Waals surface area contributed by atoms with E-state index in [1.54, 1.807) is 24.3 Å². The van der Waals surface area contributed by atoms with E-state index in [1.807, 2.05) is 7.05 Å². The number of likely N-dealkylation sites (N-methyl/N-ethyl adjacent to an activating group) is 3. The number of hydrogen-bond acceptors (Lipinski definition) is 7. The lowest BCUT2D eigenvalue weighted by Gasteiger charge is -2.27. The molecule has 0 unspecified atom stereocenters. The third kappa shape index (κ3) is 4.35. The molecule has 168 valence electrons. The lowest BCUT2D eigenvalue weighted by atomic mass is 9.92. The van der Waals surface area contributed by atoms with E-state index in [1.165, 1.54) is 27.6 Å². The fourth-order valence-electron chi connectivity index (χ4n) is 4.06. The first-order chi connectivity index (χ1) is 15.4. The lowest BCUT2D eigenvalue weighted by Crippen LogP contribution is -2.32. The Balaban J connectivity index is 1.65. The highest BCUT2D eigenvalue weighted by atomic mass is 16.2. The number of rotatable bonds is 6. The van der Waals surface area contributed by atoms with Gasteiger partial charge in [0.25, 0.3) is 5.91 Å². The normalized spacial score (nSPS) is 13.8. The molecule has 0 saturated heterocycles. The summed E-state index contributed by atoms with van der Waals surface area (Å²) in [6, 6.07) is 4.35. The lowest BCUT2D eigenvalue weighted by molar-refractivity contribution is 0.0797. The summed E-state index contributed by atoms with van der Waals surface area (Å²) in [5.74, 6) is 0.560. The van der Waals surface area contributed by atoms with Crippen LogP contribution in [0.4, 0.5) is 5.82 Å². The largest absolute Gasteiger partial charge is 0.381 e. The molecule has 0 fully saturated rings. The Labute approximate surface area is 188 Å². The van der Waals surface area contributed by atoms with Gasteiger partial charge in [-0.25, -0.2) is 14.6 Å². The van der Waals surface area contributed by atoms with Crippen molar-refractivity contribution in [3.05, 3.63) is 53.0 Å². The Hall–Kier alpha value is -3.30. The van der Waals surface area contributed by atoms with Gasteiger partial charge in [0, 0.05) is 45.0 Å². The molecule has 1 amide bonds. The van der Waals surface area contributed by atoms with E-state index in [9.17, 15) is 4.79 Å². The van der Waals surface area contributed by atoms with Crippen molar-refractivity contribution in [3.8, 4) is 17.1 Å². The van der Waals surface area contributed by atoms with Crippen LogP contribution >= 0.6 is 0 Å². The molecule has 1 aliphatic heterocycles. The number of hydrogen-bond donors (Lipinski definition) is 2. The maximum atomic E-state index is 12.6. The van der Waals surface area contributed by atoms with Crippen molar-refractivity contribution in [2.75, 3.05) is 46.5 Å². The zero-order valence-electron chi connectivity index (χ0n) is 19.1. The third-order valence-corrected chi connectivity index (χ3v) is 5.92. The van der Waals surface area contributed by atoms with Gasteiger partial charge in [-0.3, -0.25) is 4.79 Å². The monoisotopic (exact) mass is 434 g/mol. The van der Waals surface area contributed by atoms with E-state index in [0.717, 1.165) is 30.8 Å². The van der Waals surface area contributed by atoms with Crippen LogP contribution in [0.5, 0.6) is 0 Å². The number of nitrogen functional groups attached to an aromatic ring is 1. The summed E-state index contributed by atoms with van der Waals surface area (Å²) in [5, 5.41) is 7.37. The highest BCUT2D eigenvalue weighted by molar-refractivity contribution is 5.93. The number of aromatic nitrogens is 4. The summed E-state index contributed by atoms with van der Waals surface area (Å²) in [4.78, 5) is 25.7. The van der Waals surface area contributed by atoms with E-state index in [0.29, 0.717) is 24.5 Å². The summed E-state index contributed by atoms with van der Waals surface area (Å²) < 4.78 is 1.52. The number of benzene rings is 1. The fraction of sp³-hybridized carbons (Fsp3) is 0.391. The Bertz CT molecular complexity index is 1140. The number of anilines is 1. The number of amides is 1. The molecule has 3 aromatic rings. The molecule has 9 heteroatoms. The number of carbonyl (C=O) groups excluding carboxylic acids is 1. The first-order valence-corrected chi connectivity index (χ1v) is 10.8. The molecule has 0 saturated carbocycles. The number of carbonyl (C=O) groups is 1. The van der Waals surface area contributed by atoms with Crippen molar-refractivity contribution in [1.82, 2.24) is 34.9 Å². The van der Waals surface area contributed by atoms with Gasteiger partial charge in [-0.05, 0) is 56.3 Å². The first-order valence-electron chi connectivity index (χ1n) is 10.8. The molecular weight excluding hydrogens is 404 g/mol. The van der Waals surface area contributed by atoms with Crippen LogP contribution in [0.3, 0.4) is 0 Å². The summed E-state index contributed by atoms with van der Waals surface area (Å²) in [6.45, 7) is 5.46. The molecule has 32 heavy (non-hydrogen) atoms. The van der Waals surface area contributed by atoms with Gasteiger partial charge in [-0.1, -0.05) is 0 Å². The second-order valence-corrected chi connectivity index (χ2v) is 8.39. The Morgan fingerprint density at radius 3 is 2.91 bits per heavy atom. The molecule has 1 aliphatic rings. The maximum Gasteiger partial charge on any atom is 0.256 e. The van der Waals surface area contributed by atoms with Crippen LogP contribution in [0, 0.1) is 6.92 Å². The molecule has 0 spiro atoms. The molecule has 9 nitrogen and oxygen atoms in total. The number of nitrogens with zero attached hydrogens (tertiary/aromatic N) is 6. The molecule has 3 heterocycles. The standard InChI is InChI=1S/C23H30N8O/c1-15-9-16(10-17-13-29(3)7-5-19(15)17)20-12-26-21(24)22(28-20)31-14-18(11-27-31)23(32)30(4)8-6-25-2/h9-12,14,25H,5-8,13H2,1-4H3,(H2,24,26). The van der Waals surface area contributed by atoms with Crippen LogP contribution in [0.25, 0.3) is 17.1 Å². The number of nitrogens with one attached hydrogen (secondary N) is 1. The first kappa shape index (κ1) is 21.9. The minimum Gasteiger partial charge on any atom is -0.381 e. The predicted octanol–water partition coefficient (Wildman–Crippen LogP) is 1.50. The van der Waals surface area contributed by atoms with Gasteiger partial charge in [0.2, 0.25) is 0 Å². The number of aryl methyl sites for hydroxylation is 1. The third-order valence-electron chi connectivity index (χ3n) is 5.92. The zero-order valence-corrected chi connectivity index (χ0v) is 19.1. The average Bonchev–Trinajstić information content (AvgIpc) is 3.26. The maximum absolute atomic E-state index is 12.6. The minimum absolute atomic E-state index is 0.108. The van der Waals surface area contributed by atoms with E-state index >= 15 is 0 Å². The van der Waals surface area contributed by atoms with Gasteiger partial charge >= 0.3 is 0 Å². The molecule has 4 rings (SSSR count). The summed E-state index contributed by atoms with van der Waals surface area (Å²) in [6.07, 6.45) is 5.93. The van der Waals surface area contributed by atoms with Crippen LogP contribution in [0.1, 0.15) is 27.0 Å². The molecule has 0 atom stereocenters. The van der Waals surface area contributed by atoms with Crippen molar-refractivity contribution in [3.63, 3.8) is 0 Å². The van der Waals surface area contributed by atoms with E-state index < -0.39 is 0 Å². The van der Waals surface area contributed by atoms with Crippen LogP contribution in [0.2, 0.25) is 0 Å². The molecule has 0 bridgehead atoms. The van der Waals surface area contributed by atoms with Gasteiger partial charge in [-0.15, -0.1) is 0 Å². The van der Waals surface area contributed by atoms with Crippen LogP contribution in [-0.4, -0.2) is 76.2 Å². The molecule has 3 N–H and O–H groups in total. The number of fused-ring (bicyclic) bond motifs is 1. The van der Waals surface area contributed by atoms with Crippen molar-refractivity contribution in [2.45, 2.75) is 19.9 Å². The summed E-state index contributed by atoms with van der Waals surface area (Å²) in [7, 11) is 5.76. The topological polar surface area (TPSA) is 105 Å². The van der Waals surface area contributed by atoms with Gasteiger partial charge in [0.15, 0.2) is 11.6 Å². The van der Waals surface area contributed by atoms with Crippen LogP contribution in [0.15, 0.2) is 30.7 Å². The molecule has 2 aromatic heterocycles. The fourth-order valence-corrected chi connectivity index (χ4v) is 4.06. The average molecular weight is 435 g/mol. The predicted molar refractivity (Wildman–Crippen MR) is 125 cm³/mol. The molecule has 0 aliphatic carbocycles. The second kappa shape index (κ2) is 9.05. The molecular formula is C23H30N8O. The van der Waals surface area contributed by atoms with Gasteiger partial charge in [0.05, 0.1) is 23.7 Å². The Morgan fingerprint density at radius 1 is 1.31 bits per heavy atom. The second-order valence-electron chi connectivity index (χ2n) is 8.39. The van der Waals surface area contributed by atoms with E-state index in [2.05, 4.69) is 46.4 Å². The van der Waals surface area contributed by atoms with E-state index in [4.69, 9.17) is 10.7 Å². The van der Waals surface area contributed by atoms with Gasteiger partial charge < -0.3 is 20.9 Å². The Kier molecular flexibility index (Phi) is 6.20. The van der Waals surface area contributed by atoms with Crippen molar-refractivity contribution < 1.29 is 4.79 Å². The van der Waals surface area contributed by atoms with Gasteiger partial charge in [-0.2, -0.15) is 5.10 Å². The van der Waals surface area contributed by atoms with Crippen LogP contribution < -0.4 is 11.1 Å². The van der Waals surface area contributed by atoms with Crippen molar-refractivity contribution in [1.29, 1.82) is 0 Å². The Morgan fingerprint density at radius 2 is 2.12 bits per heavy atom. The zero-order chi connectivity index (χ0) is 22.8. The highest BCUT2D eigenvalue weighted by Crippen LogP contribution is 2.29. The van der Waals surface area contributed by atoms with E-state index in [-0.39, 0.29) is 11.7 Å². The SMILES string of the molecule is CNCCN(C)C(=O)c1cnn(-c2nc(-c3cc(C)c4c(c3)CN(C)CC4)cnc2N)c1. The minimum atomic E-state index is -0.108. The van der Waals surface area contributed by atoms with Crippen molar-refractivity contribution in [2.24, 2.45) is 0 Å². The smallest absolute Gasteiger partial charge is 0.256 e. The summed E-state index contributed by atoms with van der Waals surface area (Å²) >= 11 is 0. The summed E-state index contributed by atoms with van der Waals surface area (Å²) in [5.41, 5.74) is 12.3. The molecule has 0 radical (unpaired) electrons. The quantitative estimate of drug-likeness (QED) is 0.606. The number of nitrogens with two attached hydrogens (primary N) is 1. The van der Waals surface area contributed by atoms with Gasteiger partial charge in [0.1, 0.15) is 0 Å². The molecule has 1 aromatic carbocycles. The highest BCUT2D eigenvalue weighted by Gasteiger charge is 2.19. The van der Waals surface area contributed by atoms with Crippen LogP contribution in [-0.2, 0) is 13.0 Å².